The van der Waals surface area contributed by atoms with Crippen molar-refractivity contribution >= 4 is 5.95 Å². The Morgan fingerprint density at radius 1 is 1.25 bits per heavy atom. The largest absolute Gasteiger partial charge is 0.353 e. The predicted molar refractivity (Wildman–Crippen MR) is 49.1 cm³/mol. The van der Waals surface area contributed by atoms with Gasteiger partial charge in [-0.2, -0.15) is 0 Å². The summed E-state index contributed by atoms with van der Waals surface area (Å²) in [6, 6.07) is 1.80. The van der Waals surface area contributed by atoms with Gasteiger partial charge in [-0.15, -0.1) is 0 Å². The first-order chi connectivity index (χ1) is 5.93. The molecule has 1 rings (SSSR count). The van der Waals surface area contributed by atoms with Crippen LogP contribution in [0.15, 0.2) is 18.5 Å². The summed E-state index contributed by atoms with van der Waals surface area (Å²) in [6.07, 6.45) is 3.45. The maximum atomic E-state index is 4.03. The van der Waals surface area contributed by atoms with Crippen LogP contribution in [0.3, 0.4) is 0 Å². The van der Waals surface area contributed by atoms with Crippen LogP contribution in [0.2, 0.25) is 0 Å². The van der Waals surface area contributed by atoms with Crippen LogP contribution in [-0.4, -0.2) is 29.6 Å². The molecule has 4 heteroatoms. The summed E-state index contributed by atoms with van der Waals surface area (Å²) in [7, 11) is 0. The van der Waals surface area contributed by atoms with E-state index >= 15 is 0 Å². The minimum atomic E-state index is 0.690. The van der Waals surface area contributed by atoms with E-state index in [2.05, 4.69) is 27.5 Å². The van der Waals surface area contributed by atoms with Gasteiger partial charge in [0.25, 0.3) is 0 Å². The summed E-state index contributed by atoms with van der Waals surface area (Å²) in [4.78, 5) is 8.05. The molecule has 4 nitrogen and oxygen atoms in total. The highest BCUT2D eigenvalue weighted by Crippen LogP contribution is 1.91. The number of hydrogen-bond acceptors (Lipinski definition) is 4. The smallest absolute Gasteiger partial charge is 0.222 e. The summed E-state index contributed by atoms with van der Waals surface area (Å²) in [5.74, 6) is 0.690. The molecule has 0 aliphatic carbocycles. The van der Waals surface area contributed by atoms with Crippen LogP contribution in [0.25, 0.3) is 0 Å². The molecule has 0 amide bonds. The molecule has 2 N–H and O–H groups in total. The lowest BCUT2D eigenvalue weighted by Crippen LogP contribution is -2.22. The van der Waals surface area contributed by atoms with Crippen molar-refractivity contribution in [3.63, 3.8) is 0 Å². The molecule has 0 unspecified atom stereocenters. The van der Waals surface area contributed by atoms with Crippen LogP contribution in [-0.2, 0) is 0 Å². The molecule has 12 heavy (non-hydrogen) atoms. The fourth-order valence-electron chi connectivity index (χ4n) is 0.830. The third kappa shape index (κ3) is 3.30. The molecule has 66 valence electrons. The van der Waals surface area contributed by atoms with Gasteiger partial charge in [0, 0.05) is 25.5 Å². The predicted octanol–water partition coefficient (Wildman–Crippen LogP) is 0.498. The molecular weight excluding hydrogens is 152 g/mol. The van der Waals surface area contributed by atoms with Gasteiger partial charge < -0.3 is 10.6 Å². The van der Waals surface area contributed by atoms with Crippen molar-refractivity contribution in [2.45, 2.75) is 6.92 Å². The van der Waals surface area contributed by atoms with Gasteiger partial charge in [0.05, 0.1) is 0 Å². The second kappa shape index (κ2) is 5.49. The molecule has 1 aromatic rings. The molecule has 0 aromatic carbocycles. The first-order valence-electron chi connectivity index (χ1n) is 4.15. The summed E-state index contributed by atoms with van der Waals surface area (Å²) in [5, 5.41) is 6.30. The highest BCUT2D eigenvalue weighted by Gasteiger charge is 1.89. The third-order valence-electron chi connectivity index (χ3n) is 1.40. The Bertz CT molecular complexity index is 199. The van der Waals surface area contributed by atoms with Crippen molar-refractivity contribution in [1.29, 1.82) is 0 Å². The molecule has 0 fully saturated rings. The van der Waals surface area contributed by atoms with Crippen LogP contribution in [0.4, 0.5) is 5.95 Å². The van der Waals surface area contributed by atoms with Gasteiger partial charge in [0.15, 0.2) is 0 Å². The van der Waals surface area contributed by atoms with Crippen LogP contribution in [0, 0.1) is 0 Å². The van der Waals surface area contributed by atoms with E-state index in [-0.39, 0.29) is 0 Å². The highest BCUT2D eigenvalue weighted by molar-refractivity contribution is 5.21. The number of likely N-dealkylation sites (N-methyl/N-ethyl adjacent to an activating group) is 1. The minimum absolute atomic E-state index is 0.690. The third-order valence-corrected chi connectivity index (χ3v) is 1.40. The molecular formula is C8H14N4. The van der Waals surface area contributed by atoms with Crippen molar-refractivity contribution in [3.05, 3.63) is 18.5 Å². The van der Waals surface area contributed by atoms with Crippen molar-refractivity contribution in [2.75, 3.05) is 25.0 Å². The Labute approximate surface area is 72.4 Å². The Kier molecular flexibility index (Phi) is 4.08. The fraction of sp³-hybridized carbons (Fsp3) is 0.500. The average molecular weight is 166 g/mol. The first-order valence-corrected chi connectivity index (χ1v) is 4.15. The summed E-state index contributed by atoms with van der Waals surface area (Å²) in [6.45, 7) is 4.88. The number of aromatic nitrogens is 2. The van der Waals surface area contributed by atoms with Gasteiger partial charge in [-0.3, -0.25) is 0 Å². The van der Waals surface area contributed by atoms with Crippen LogP contribution in [0.1, 0.15) is 6.92 Å². The van der Waals surface area contributed by atoms with E-state index in [0.29, 0.717) is 5.95 Å². The zero-order chi connectivity index (χ0) is 8.65. The normalized spacial score (nSPS) is 9.75. The Hall–Kier alpha value is -1.16. The topological polar surface area (TPSA) is 49.8 Å². The maximum absolute atomic E-state index is 4.03. The molecule has 0 spiro atoms. The zero-order valence-electron chi connectivity index (χ0n) is 7.25. The van der Waals surface area contributed by atoms with Crippen LogP contribution < -0.4 is 10.6 Å². The molecule has 0 atom stereocenters. The van der Waals surface area contributed by atoms with E-state index in [9.17, 15) is 0 Å². The van der Waals surface area contributed by atoms with E-state index in [4.69, 9.17) is 0 Å². The summed E-state index contributed by atoms with van der Waals surface area (Å²) < 4.78 is 0. The van der Waals surface area contributed by atoms with E-state index in [0.717, 1.165) is 19.6 Å². The molecule has 0 radical (unpaired) electrons. The minimum Gasteiger partial charge on any atom is -0.353 e. The van der Waals surface area contributed by atoms with E-state index in [1.54, 1.807) is 18.5 Å². The SMILES string of the molecule is CCNCCNc1ncccn1. The van der Waals surface area contributed by atoms with Crippen molar-refractivity contribution in [2.24, 2.45) is 0 Å². The van der Waals surface area contributed by atoms with Gasteiger partial charge in [-0.05, 0) is 12.6 Å². The Morgan fingerprint density at radius 2 is 2.00 bits per heavy atom. The van der Waals surface area contributed by atoms with E-state index < -0.39 is 0 Å². The zero-order valence-corrected chi connectivity index (χ0v) is 7.25. The first kappa shape index (κ1) is 8.93. The second-order valence-electron chi connectivity index (χ2n) is 2.35. The number of nitrogens with zero attached hydrogens (tertiary/aromatic N) is 2. The molecule has 0 saturated heterocycles. The van der Waals surface area contributed by atoms with Crippen molar-refractivity contribution in [1.82, 2.24) is 15.3 Å². The van der Waals surface area contributed by atoms with Gasteiger partial charge >= 0.3 is 0 Å². The lowest BCUT2D eigenvalue weighted by Gasteiger charge is -2.03. The van der Waals surface area contributed by atoms with Gasteiger partial charge in [-0.25, -0.2) is 9.97 Å². The van der Waals surface area contributed by atoms with Gasteiger partial charge in [-0.1, -0.05) is 6.92 Å². The summed E-state index contributed by atoms with van der Waals surface area (Å²) >= 11 is 0. The summed E-state index contributed by atoms with van der Waals surface area (Å²) in [5.41, 5.74) is 0. The quantitative estimate of drug-likeness (QED) is 0.625. The number of nitrogens with one attached hydrogen (secondary N) is 2. The lowest BCUT2D eigenvalue weighted by atomic mass is 10.6. The lowest BCUT2D eigenvalue weighted by molar-refractivity contribution is 0.736. The fourth-order valence-corrected chi connectivity index (χ4v) is 0.830. The van der Waals surface area contributed by atoms with Crippen molar-refractivity contribution in [3.8, 4) is 0 Å². The van der Waals surface area contributed by atoms with Gasteiger partial charge in [0.2, 0.25) is 5.95 Å². The highest BCUT2D eigenvalue weighted by atomic mass is 15.1. The molecule has 0 bridgehead atoms. The molecule has 0 aliphatic heterocycles. The monoisotopic (exact) mass is 166 g/mol. The van der Waals surface area contributed by atoms with E-state index in [1.807, 2.05) is 0 Å². The molecule has 1 heterocycles. The van der Waals surface area contributed by atoms with Crippen molar-refractivity contribution < 1.29 is 0 Å². The van der Waals surface area contributed by atoms with Crippen LogP contribution in [0.5, 0.6) is 0 Å². The molecule has 0 aliphatic rings. The second-order valence-corrected chi connectivity index (χ2v) is 2.35. The molecule has 0 saturated carbocycles. The standard InChI is InChI=1S/C8H14N4/c1-2-9-6-7-12-8-10-4-3-5-11-8/h3-5,9H,2,6-7H2,1H3,(H,10,11,12). The van der Waals surface area contributed by atoms with E-state index in [1.165, 1.54) is 0 Å². The van der Waals surface area contributed by atoms with Gasteiger partial charge in [0.1, 0.15) is 0 Å². The number of rotatable bonds is 5. The number of anilines is 1. The number of hydrogen-bond donors (Lipinski definition) is 2. The Balaban J connectivity index is 2.16. The average Bonchev–Trinajstić information content (AvgIpc) is 2.14. The maximum Gasteiger partial charge on any atom is 0.222 e. The van der Waals surface area contributed by atoms with Crippen LogP contribution >= 0.6 is 0 Å². The molecule has 1 aromatic heterocycles. The Morgan fingerprint density at radius 3 is 2.67 bits per heavy atom.